The molecule has 0 aliphatic carbocycles. The molecule has 7 nitrogen and oxygen atoms in total. The summed E-state index contributed by atoms with van der Waals surface area (Å²) in [4.78, 5) is 18.8. The lowest BCUT2D eigenvalue weighted by atomic mass is 10.1. The second-order valence-corrected chi connectivity index (χ2v) is 10.2. The molecular formula is C22H19FN4O3S2. The average Bonchev–Trinajstić information content (AvgIpc) is 3.49. The van der Waals surface area contributed by atoms with E-state index in [1.807, 2.05) is 16.8 Å². The Labute approximate surface area is 188 Å². The number of aromatic nitrogens is 2. The van der Waals surface area contributed by atoms with Crippen molar-refractivity contribution in [2.24, 2.45) is 0 Å². The molecule has 1 aliphatic heterocycles. The van der Waals surface area contributed by atoms with Gasteiger partial charge in [-0.05, 0) is 61.4 Å². The molecule has 32 heavy (non-hydrogen) atoms. The third-order valence-electron chi connectivity index (χ3n) is 5.63. The minimum Gasteiger partial charge on any atom is -0.335 e. The molecule has 4 aromatic rings. The van der Waals surface area contributed by atoms with Crippen molar-refractivity contribution in [2.45, 2.75) is 24.3 Å². The number of carbonyl (C=O) groups excluding carboxylic acids is 1. The normalized spacial score (nSPS) is 16.8. The van der Waals surface area contributed by atoms with Gasteiger partial charge in [0.05, 0.1) is 10.4 Å². The van der Waals surface area contributed by atoms with E-state index in [2.05, 4.69) is 9.71 Å². The molecule has 0 bridgehead atoms. The monoisotopic (exact) mass is 470 g/mol. The molecule has 0 unspecified atom stereocenters. The standard InChI is InChI=1S/C22H19FN4O3S2/c1-14-12-15-6-9-27(20(15)13-18(14)23)19-7-10-26(21(19)28)16-2-4-17(5-3-16)32(29,30)25-22-24-8-11-31-22/h2-6,8-9,11-13,19H,7,10H2,1H3,(H,24,25)/t19-/m0/s1. The first-order valence-corrected chi connectivity index (χ1v) is 12.3. The zero-order valence-corrected chi connectivity index (χ0v) is 18.7. The zero-order valence-electron chi connectivity index (χ0n) is 17.0. The van der Waals surface area contributed by atoms with Gasteiger partial charge in [0.2, 0.25) is 5.91 Å². The number of nitrogens with zero attached hydrogens (tertiary/aromatic N) is 3. The highest BCUT2D eigenvalue weighted by Gasteiger charge is 2.34. The first-order chi connectivity index (χ1) is 15.3. The highest BCUT2D eigenvalue weighted by Crippen LogP contribution is 2.33. The van der Waals surface area contributed by atoms with E-state index < -0.39 is 16.1 Å². The smallest absolute Gasteiger partial charge is 0.263 e. The van der Waals surface area contributed by atoms with Crippen molar-refractivity contribution in [1.82, 2.24) is 9.55 Å². The lowest BCUT2D eigenvalue weighted by Crippen LogP contribution is -2.28. The molecule has 0 spiro atoms. The molecule has 1 saturated heterocycles. The largest absolute Gasteiger partial charge is 0.335 e. The summed E-state index contributed by atoms with van der Waals surface area (Å²) < 4.78 is 43.4. The van der Waals surface area contributed by atoms with E-state index in [1.165, 1.54) is 35.7 Å². The molecule has 5 rings (SSSR count). The van der Waals surface area contributed by atoms with E-state index in [9.17, 15) is 17.6 Å². The molecular weight excluding hydrogens is 451 g/mol. The Morgan fingerprint density at radius 2 is 1.97 bits per heavy atom. The molecule has 1 amide bonds. The number of thiazole rings is 1. The number of benzene rings is 2. The number of nitrogens with one attached hydrogen (secondary N) is 1. The maximum atomic E-state index is 14.1. The van der Waals surface area contributed by atoms with Crippen molar-refractivity contribution in [2.75, 3.05) is 16.2 Å². The van der Waals surface area contributed by atoms with Gasteiger partial charge in [-0.3, -0.25) is 9.52 Å². The predicted molar refractivity (Wildman–Crippen MR) is 122 cm³/mol. The number of amides is 1. The van der Waals surface area contributed by atoms with Gasteiger partial charge < -0.3 is 9.47 Å². The molecule has 10 heteroatoms. The highest BCUT2D eigenvalue weighted by atomic mass is 32.2. The Kier molecular flexibility index (Phi) is 4.98. The van der Waals surface area contributed by atoms with Crippen molar-refractivity contribution in [3.8, 4) is 0 Å². The van der Waals surface area contributed by atoms with E-state index in [0.717, 1.165) is 5.39 Å². The molecule has 1 fully saturated rings. The lowest BCUT2D eigenvalue weighted by Gasteiger charge is -2.18. The highest BCUT2D eigenvalue weighted by molar-refractivity contribution is 7.93. The fourth-order valence-electron chi connectivity index (χ4n) is 4.00. The average molecular weight is 471 g/mol. The van der Waals surface area contributed by atoms with Crippen molar-refractivity contribution in [3.05, 3.63) is 71.6 Å². The van der Waals surface area contributed by atoms with Crippen LogP contribution in [0, 0.1) is 12.7 Å². The molecule has 3 heterocycles. The molecule has 164 valence electrons. The Bertz CT molecular complexity index is 1410. The van der Waals surface area contributed by atoms with Gasteiger partial charge in [0.1, 0.15) is 11.9 Å². The van der Waals surface area contributed by atoms with Gasteiger partial charge in [0, 0.05) is 35.4 Å². The summed E-state index contributed by atoms with van der Waals surface area (Å²) in [7, 11) is -3.76. The maximum absolute atomic E-state index is 14.1. The van der Waals surface area contributed by atoms with E-state index in [0.29, 0.717) is 29.7 Å². The quantitative estimate of drug-likeness (QED) is 0.471. The number of anilines is 2. The van der Waals surface area contributed by atoms with Crippen LogP contribution in [-0.2, 0) is 14.8 Å². The van der Waals surface area contributed by atoms with Crippen molar-refractivity contribution >= 4 is 49.0 Å². The number of fused-ring (bicyclic) bond motifs is 1. The number of halogens is 1. The third-order valence-corrected chi connectivity index (χ3v) is 7.80. The number of rotatable bonds is 5. The Morgan fingerprint density at radius 3 is 2.69 bits per heavy atom. The van der Waals surface area contributed by atoms with Crippen LogP contribution in [0.5, 0.6) is 0 Å². The van der Waals surface area contributed by atoms with Crippen LogP contribution < -0.4 is 9.62 Å². The van der Waals surface area contributed by atoms with Crippen LogP contribution in [0.2, 0.25) is 0 Å². The maximum Gasteiger partial charge on any atom is 0.263 e. The van der Waals surface area contributed by atoms with E-state index in [1.54, 1.807) is 35.4 Å². The van der Waals surface area contributed by atoms with Crippen molar-refractivity contribution in [1.29, 1.82) is 0 Å². The summed E-state index contributed by atoms with van der Waals surface area (Å²) >= 11 is 1.19. The lowest BCUT2D eigenvalue weighted by molar-refractivity contribution is -0.119. The first kappa shape index (κ1) is 20.7. The fourth-order valence-corrected chi connectivity index (χ4v) is 5.78. The number of sulfonamides is 1. The Hall–Kier alpha value is -3.24. The van der Waals surface area contributed by atoms with Crippen LogP contribution in [-0.4, -0.2) is 30.4 Å². The third kappa shape index (κ3) is 3.55. The van der Waals surface area contributed by atoms with E-state index in [-0.39, 0.29) is 21.8 Å². The van der Waals surface area contributed by atoms with Crippen LogP contribution in [0.1, 0.15) is 18.0 Å². The molecule has 1 aliphatic rings. The van der Waals surface area contributed by atoms with Gasteiger partial charge in [0.15, 0.2) is 5.13 Å². The summed E-state index contributed by atoms with van der Waals surface area (Å²) in [5.41, 5.74) is 1.86. The molecule has 1 N–H and O–H groups in total. The molecule has 2 aromatic heterocycles. The molecule has 1 atom stereocenters. The van der Waals surface area contributed by atoms with Gasteiger partial charge in [-0.15, -0.1) is 11.3 Å². The second kappa shape index (κ2) is 7.72. The molecule has 2 aromatic carbocycles. The SMILES string of the molecule is Cc1cc2ccn([C@H]3CCN(c4ccc(S(=O)(=O)Nc5nccs5)cc4)C3=O)c2cc1F. The predicted octanol–water partition coefficient (Wildman–Crippen LogP) is 4.32. The van der Waals surface area contributed by atoms with E-state index in [4.69, 9.17) is 0 Å². The molecule has 0 radical (unpaired) electrons. The van der Waals surface area contributed by atoms with Crippen LogP contribution >= 0.6 is 11.3 Å². The van der Waals surface area contributed by atoms with Gasteiger partial charge >= 0.3 is 0 Å². The minimum atomic E-state index is -3.76. The first-order valence-electron chi connectivity index (χ1n) is 9.94. The van der Waals surface area contributed by atoms with Gasteiger partial charge in [-0.25, -0.2) is 17.8 Å². The molecule has 0 saturated carbocycles. The summed E-state index contributed by atoms with van der Waals surface area (Å²) in [6.45, 7) is 2.20. The number of hydrogen-bond donors (Lipinski definition) is 1. The van der Waals surface area contributed by atoms with E-state index >= 15 is 0 Å². The number of hydrogen-bond acceptors (Lipinski definition) is 5. The van der Waals surface area contributed by atoms with Gasteiger partial charge in [-0.2, -0.15) is 0 Å². The van der Waals surface area contributed by atoms with Crippen LogP contribution in [0.3, 0.4) is 0 Å². The summed E-state index contributed by atoms with van der Waals surface area (Å²) in [6, 6.07) is 10.9. The van der Waals surface area contributed by atoms with Crippen molar-refractivity contribution in [3.63, 3.8) is 0 Å². The summed E-state index contributed by atoms with van der Waals surface area (Å²) in [5.74, 6) is -0.414. The Balaban J connectivity index is 1.38. The summed E-state index contributed by atoms with van der Waals surface area (Å²) in [6.07, 6.45) is 3.91. The van der Waals surface area contributed by atoms with Gasteiger partial charge in [0.25, 0.3) is 10.0 Å². The number of aryl methyl sites for hydroxylation is 1. The Morgan fingerprint density at radius 1 is 1.19 bits per heavy atom. The minimum absolute atomic E-state index is 0.0851. The van der Waals surface area contributed by atoms with Crippen LogP contribution in [0.25, 0.3) is 10.9 Å². The van der Waals surface area contributed by atoms with Crippen LogP contribution in [0.4, 0.5) is 15.2 Å². The number of carbonyl (C=O) groups is 1. The second-order valence-electron chi connectivity index (χ2n) is 7.61. The zero-order chi connectivity index (χ0) is 22.5. The van der Waals surface area contributed by atoms with Crippen molar-refractivity contribution < 1.29 is 17.6 Å². The topological polar surface area (TPSA) is 84.3 Å². The van der Waals surface area contributed by atoms with Gasteiger partial charge in [-0.1, -0.05) is 0 Å². The fraction of sp³-hybridized carbons (Fsp3) is 0.182. The van der Waals surface area contributed by atoms with Crippen LogP contribution in [0.15, 0.2) is 65.1 Å². The summed E-state index contributed by atoms with van der Waals surface area (Å²) in [5, 5.41) is 2.86.